The number of rotatable bonds is 2. The first-order valence-corrected chi connectivity index (χ1v) is 7.56. The molecule has 98 valence electrons. The first-order chi connectivity index (χ1) is 9.13. The van der Waals surface area contributed by atoms with Crippen molar-refractivity contribution in [1.82, 2.24) is 0 Å². The maximum atomic E-state index is 9.53. The van der Waals surface area contributed by atoms with Crippen LogP contribution in [-0.2, 0) is 6.42 Å². The predicted octanol–water partition coefficient (Wildman–Crippen LogP) is 4.40. The van der Waals surface area contributed by atoms with Gasteiger partial charge in [-0.05, 0) is 89.4 Å². The van der Waals surface area contributed by atoms with Crippen molar-refractivity contribution in [2.24, 2.45) is 0 Å². The van der Waals surface area contributed by atoms with E-state index in [-0.39, 0.29) is 0 Å². The van der Waals surface area contributed by atoms with Crippen LogP contribution in [0.1, 0.15) is 29.2 Å². The Hall–Kier alpha value is -1.23. The summed E-state index contributed by atoms with van der Waals surface area (Å²) in [4.78, 5) is 0. The van der Waals surface area contributed by atoms with Gasteiger partial charge in [-0.25, -0.2) is 0 Å². The van der Waals surface area contributed by atoms with Gasteiger partial charge < -0.3 is 10.4 Å². The van der Waals surface area contributed by atoms with Crippen LogP contribution in [0.4, 0.5) is 5.69 Å². The third kappa shape index (κ3) is 2.56. The summed E-state index contributed by atoms with van der Waals surface area (Å²) in [5.41, 5.74) is 5.06. The molecule has 1 unspecified atom stereocenters. The minimum absolute atomic E-state index is 0.356. The van der Waals surface area contributed by atoms with Crippen LogP contribution in [0.3, 0.4) is 0 Å². The van der Waals surface area contributed by atoms with E-state index in [4.69, 9.17) is 0 Å². The van der Waals surface area contributed by atoms with Gasteiger partial charge in [0.1, 0.15) is 5.75 Å². The van der Waals surface area contributed by atoms with Crippen molar-refractivity contribution in [3.05, 3.63) is 56.7 Å². The molecule has 0 radical (unpaired) electrons. The number of halogens is 1. The van der Waals surface area contributed by atoms with Crippen molar-refractivity contribution in [1.29, 1.82) is 0 Å². The van der Waals surface area contributed by atoms with Gasteiger partial charge in [0.05, 0.1) is 6.04 Å². The van der Waals surface area contributed by atoms with Gasteiger partial charge in [-0.15, -0.1) is 0 Å². The number of aryl methyl sites for hydroxylation is 2. The molecule has 0 fully saturated rings. The van der Waals surface area contributed by atoms with E-state index in [1.807, 2.05) is 12.1 Å². The molecule has 3 rings (SSSR count). The van der Waals surface area contributed by atoms with Gasteiger partial charge in [-0.1, -0.05) is 6.07 Å². The maximum Gasteiger partial charge on any atom is 0.115 e. The number of anilines is 1. The van der Waals surface area contributed by atoms with Crippen molar-refractivity contribution < 1.29 is 5.11 Å². The Bertz CT molecular complexity index is 624. The molecule has 0 aromatic heterocycles. The van der Waals surface area contributed by atoms with E-state index >= 15 is 0 Å². The van der Waals surface area contributed by atoms with Crippen molar-refractivity contribution >= 4 is 28.3 Å². The smallest absolute Gasteiger partial charge is 0.115 e. The molecular formula is C16H16INO. The fourth-order valence-electron chi connectivity index (χ4n) is 2.73. The minimum atomic E-state index is 0.356. The highest BCUT2D eigenvalue weighted by Crippen LogP contribution is 2.36. The zero-order chi connectivity index (χ0) is 13.4. The molecule has 19 heavy (non-hydrogen) atoms. The monoisotopic (exact) mass is 365 g/mol. The fourth-order valence-corrected chi connectivity index (χ4v) is 3.38. The quantitative estimate of drug-likeness (QED) is 0.773. The van der Waals surface area contributed by atoms with Crippen LogP contribution in [0.15, 0.2) is 36.4 Å². The second-order valence-corrected chi connectivity index (χ2v) is 6.32. The number of hydrogen-bond donors (Lipinski definition) is 2. The second-order valence-electron chi connectivity index (χ2n) is 5.08. The summed E-state index contributed by atoms with van der Waals surface area (Å²) in [5.74, 6) is 0.366. The molecule has 2 nitrogen and oxygen atoms in total. The number of fused-ring (bicyclic) bond motifs is 1. The summed E-state index contributed by atoms with van der Waals surface area (Å²) in [6.45, 7) is 2.14. The van der Waals surface area contributed by atoms with E-state index in [0.717, 1.165) is 12.8 Å². The summed E-state index contributed by atoms with van der Waals surface area (Å²) < 4.78 is 1.26. The Morgan fingerprint density at radius 2 is 2.05 bits per heavy atom. The average molecular weight is 365 g/mol. The molecule has 0 heterocycles. The molecule has 0 saturated carbocycles. The van der Waals surface area contributed by atoms with Crippen LogP contribution in [0.2, 0.25) is 0 Å². The zero-order valence-electron chi connectivity index (χ0n) is 10.8. The second kappa shape index (κ2) is 5.04. The van der Waals surface area contributed by atoms with Crippen molar-refractivity contribution in [2.75, 3.05) is 5.32 Å². The van der Waals surface area contributed by atoms with Gasteiger partial charge in [-0.3, -0.25) is 0 Å². The molecule has 0 spiro atoms. The van der Waals surface area contributed by atoms with Crippen LogP contribution in [0.5, 0.6) is 5.75 Å². The minimum Gasteiger partial charge on any atom is -0.508 e. The van der Waals surface area contributed by atoms with Gasteiger partial charge in [0, 0.05) is 9.26 Å². The van der Waals surface area contributed by atoms with Gasteiger partial charge >= 0.3 is 0 Å². The SMILES string of the molecule is Cc1cc(I)ccc1NC1CCc2cc(O)ccc21. The first-order valence-electron chi connectivity index (χ1n) is 6.48. The normalized spacial score (nSPS) is 17.3. The van der Waals surface area contributed by atoms with Crippen LogP contribution in [0, 0.1) is 10.5 Å². The summed E-state index contributed by atoms with van der Waals surface area (Å²) in [6.07, 6.45) is 2.12. The van der Waals surface area contributed by atoms with E-state index < -0.39 is 0 Å². The van der Waals surface area contributed by atoms with Crippen LogP contribution >= 0.6 is 22.6 Å². The molecule has 0 aliphatic heterocycles. The Balaban J connectivity index is 1.86. The summed E-state index contributed by atoms with van der Waals surface area (Å²) in [6, 6.07) is 12.5. The molecule has 2 aromatic rings. The molecule has 2 aromatic carbocycles. The number of benzene rings is 2. The number of nitrogens with one attached hydrogen (secondary N) is 1. The molecule has 3 heteroatoms. The number of phenols is 1. The first kappa shape index (κ1) is 12.8. The molecule has 1 aliphatic carbocycles. The average Bonchev–Trinajstić information content (AvgIpc) is 2.75. The molecule has 0 saturated heterocycles. The molecule has 0 bridgehead atoms. The third-order valence-corrected chi connectivity index (χ3v) is 4.39. The van der Waals surface area contributed by atoms with Gasteiger partial charge in [0.15, 0.2) is 0 Å². The van der Waals surface area contributed by atoms with Crippen molar-refractivity contribution in [3.8, 4) is 5.75 Å². The largest absolute Gasteiger partial charge is 0.508 e. The number of phenolic OH excluding ortho intramolecular Hbond substituents is 1. The van der Waals surface area contributed by atoms with Crippen LogP contribution in [0.25, 0.3) is 0 Å². The predicted molar refractivity (Wildman–Crippen MR) is 86.7 cm³/mol. The molecule has 0 amide bonds. The van der Waals surface area contributed by atoms with Crippen molar-refractivity contribution in [2.45, 2.75) is 25.8 Å². The highest BCUT2D eigenvalue weighted by atomic mass is 127. The lowest BCUT2D eigenvalue weighted by Gasteiger charge is -2.17. The topological polar surface area (TPSA) is 32.3 Å². The fraction of sp³-hybridized carbons (Fsp3) is 0.250. The van der Waals surface area contributed by atoms with Crippen LogP contribution in [-0.4, -0.2) is 5.11 Å². The summed E-state index contributed by atoms with van der Waals surface area (Å²) >= 11 is 2.33. The van der Waals surface area contributed by atoms with E-state index in [2.05, 4.69) is 53.0 Å². The van der Waals surface area contributed by atoms with Crippen molar-refractivity contribution in [3.63, 3.8) is 0 Å². The Morgan fingerprint density at radius 3 is 2.84 bits per heavy atom. The third-order valence-electron chi connectivity index (χ3n) is 3.72. The maximum absolute atomic E-state index is 9.53. The Labute approximate surface area is 127 Å². The highest BCUT2D eigenvalue weighted by molar-refractivity contribution is 14.1. The van der Waals surface area contributed by atoms with Crippen LogP contribution < -0.4 is 5.32 Å². The lowest BCUT2D eigenvalue weighted by atomic mass is 10.1. The molecule has 1 atom stereocenters. The summed E-state index contributed by atoms with van der Waals surface area (Å²) in [5, 5.41) is 13.2. The standard InChI is InChI=1S/C16H16INO/c1-10-8-12(17)3-7-15(10)18-16-6-2-11-9-13(19)4-5-14(11)16/h3-5,7-9,16,18-19H,2,6H2,1H3. The van der Waals surface area contributed by atoms with E-state index in [1.165, 1.54) is 25.9 Å². The lowest BCUT2D eigenvalue weighted by molar-refractivity contribution is 0.474. The molecule has 2 N–H and O–H groups in total. The Morgan fingerprint density at radius 1 is 1.21 bits per heavy atom. The number of hydrogen-bond acceptors (Lipinski definition) is 2. The highest BCUT2D eigenvalue weighted by Gasteiger charge is 2.22. The molecular weight excluding hydrogens is 349 g/mol. The molecule has 1 aliphatic rings. The summed E-state index contributed by atoms with van der Waals surface area (Å²) in [7, 11) is 0. The zero-order valence-corrected chi connectivity index (χ0v) is 12.9. The van der Waals surface area contributed by atoms with Gasteiger partial charge in [0.2, 0.25) is 0 Å². The lowest BCUT2D eigenvalue weighted by Crippen LogP contribution is -2.08. The van der Waals surface area contributed by atoms with E-state index in [9.17, 15) is 5.11 Å². The van der Waals surface area contributed by atoms with Gasteiger partial charge in [0.25, 0.3) is 0 Å². The Kier molecular flexibility index (Phi) is 3.39. The van der Waals surface area contributed by atoms with E-state index in [1.54, 1.807) is 6.07 Å². The number of aromatic hydroxyl groups is 1. The van der Waals surface area contributed by atoms with Gasteiger partial charge in [-0.2, -0.15) is 0 Å². The van der Waals surface area contributed by atoms with E-state index in [0.29, 0.717) is 11.8 Å².